The van der Waals surface area contributed by atoms with E-state index in [1.54, 1.807) is 24.1 Å². The number of nitrogens with zero attached hydrogens (tertiary/aromatic N) is 2. The van der Waals surface area contributed by atoms with Gasteiger partial charge >= 0.3 is 0 Å². The maximum absolute atomic E-state index is 11.4. The van der Waals surface area contributed by atoms with E-state index in [2.05, 4.69) is 5.10 Å². The van der Waals surface area contributed by atoms with Gasteiger partial charge in [0.2, 0.25) is 0 Å². The molecule has 2 rings (SSSR count). The van der Waals surface area contributed by atoms with Gasteiger partial charge in [-0.15, -0.1) is 0 Å². The summed E-state index contributed by atoms with van der Waals surface area (Å²) in [6, 6.07) is 9.11. The Morgan fingerprint density at radius 3 is 2.88 bits per heavy atom. The summed E-state index contributed by atoms with van der Waals surface area (Å²) < 4.78 is 6.73. The maximum atomic E-state index is 11.4. The summed E-state index contributed by atoms with van der Waals surface area (Å²) in [5.41, 5.74) is 1.38. The standard InChI is InChI=1S/C12H12N2O2/c1-9(15)12-6-7-13-14(12)10-4-3-5-11(8-10)16-2/h3-8H,1-2H3. The monoisotopic (exact) mass is 216 g/mol. The molecule has 4 heteroatoms. The zero-order valence-corrected chi connectivity index (χ0v) is 9.18. The first-order chi connectivity index (χ1) is 7.72. The van der Waals surface area contributed by atoms with E-state index in [1.165, 1.54) is 6.92 Å². The predicted octanol–water partition coefficient (Wildman–Crippen LogP) is 2.08. The van der Waals surface area contributed by atoms with Gasteiger partial charge in [0.25, 0.3) is 0 Å². The minimum absolute atomic E-state index is 0.0136. The summed E-state index contributed by atoms with van der Waals surface area (Å²) >= 11 is 0. The molecule has 4 nitrogen and oxygen atoms in total. The zero-order valence-electron chi connectivity index (χ0n) is 9.18. The molecule has 1 aromatic carbocycles. The molecular formula is C12H12N2O2. The van der Waals surface area contributed by atoms with E-state index in [9.17, 15) is 4.79 Å². The zero-order chi connectivity index (χ0) is 11.5. The molecule has 82 valence electrons. The van der Waals surface area contributed by atoms with Gasteiger partial charge in [-0.3, -0.25) is 4.79 Å². The fourth-order valence-corrected chi connectivity index (χ4v) is 1.52. The number of aromatic nitrogens is 2. The van der Waals surface area contributed by atoms with E-state index in [-0.39, 0.29) is 5.78 Å². The molecule has 2 aromatic rings. The number of rotatable bonds is 3. The molecule has 0 fully saturated rings. The highest BCUT2D eigenvalue weighted by molar-refractivity contribution is 5.92. The summed E-state index contributed by atoms with van der Waals surface area (Å²) in [6.07, 6.45) is 1.61. The third kappa shape index (κ3) is 1.82. The molecule has 0 atom stereocenters. The van der Waals surface area contributed by atoms with E-state index >= 15 is 0 Å². The van der Waals surface area contributed by atoms with Crippen LogP contribution in [0.1, 0.15) is 17.4 Å². The highest BCUT2D eigenvalue weighted by Crippen LogP contribution is 2.17. The number of carbonyl (C=O) groups is 1. The third-order valence-electron chi connectivity index (χ3n) is 2.30. The third-order valence-corrected chi connectivity index (χ3v) is 2.30. The van der Waals surface area contributed by atoms with Crippen molar-refractivity contribution in [3.8, 4) is 11.4 Å². The average Bonchev–Trinajstić information content (AvgIpc) is 2.78. The van der Waals surface area contributed by atoms with Crippen molar-refractivity contribution in [2.75, 3.05) is 7.11 Å². The minimum atomic E-state index is -0.0136. The van der Waals surface area contributed by atoms with E-state index in [0.29, 0.717) is 5.69 Å². The molecule has 0 aliphatic rings. The van der Waals surface area contributed by atoms with Crippen molar-refractivity contribution in [1.29, 1.82) is 0 Å². The van der Waals surface area contributed by atoms with Crippen LogP contribution >= 0.6 is 0 Å². The maximum Gasteiger partial charge on any atom is 0.178 e. The SMILES string of the molecule is COc1cccc(-n2nccc2C(C)=O)c1. The molecular weight excluding hydrogens is 204 g/mol. The fraction of sp³-hybridized carbons (Fsp3) is 0.167. The van der Waals surface area contributed by atoms with E-state index in [0.717, 1.165) is 11.4 Å². The number of carbonyl (C=O) groups excluding carboxylic acids is 1. The fourth-order valence-electron chi connectivity index (χ4n) is 1.52. The first kappa shape index (κ1) is 10.4. The lowest BCUT2D eigenvalue weighted by molar-refractivity contribution is 0.101. The Kier molecular flexibility index (Phi) is 2.72. The van der Waals surface area contributed by atoms with Crippen molar-refractivity contribution >= 4 is 5.78 Å². The van der Waals surface area contributed by atoms with Crippen LogP contribution in [0, 0.1) is 0 Å². The highest BCUT2D eigenvalue weighted by Gasteiger charge is 2.09. The Hall–Kier alpha value is -2.10. The lowest BCUT2D eigenvalue weighted by Crippen LogP contribution is -2.05. The van der Waals surface area contributed by atoms with Crippen molar-refractivity contribution in [2.45, 2.75) is 6.92 Å². The van der Waals surface area contributed by atoms with Crippen LogP contribution in [0.2, 0.25) is 0 Å². The molecule has 0 aliphatic heterocycles. The Labute approximate surface area is 93.5 Å². The number of Topliss-reactive ketones (excluding diaryl/α,β-unsaturated/α-hetero) is 1. The number of hydrogen-bond donors (Lipinski definition) is 0. The molecule has 0 spiro atoms. The lowest BCUT2D eigenvalue weighted by atomic mass is 10.2. The van der Waals surface area contributed by atoms with Crippen molar-refractivity contribution in [1.82, 2.24) is 9.78 Å². The van der Waals surface area contributed by atoms with E-state index in [4.69, 9.17) is 4.74 Å². The summed E-state index contributed by atoms with van der Waals surface area (Å²) in [4.78, 5) is 11.4. The largest absolute Gasteiger partial charge is 0.497 e. The molecule has 0 bridgehead atoms. The first-order valence-electron chi connectivity index (χ1n) is 4.92. The number of methoxy groups -OCH3 is 1. The molecule has 0 amide bonds. The van der Waals surface area contributed by atoms with Crippen LogP contribution in [0.3, 0.4) is 0 Å². The van der Waals surface area contributed by atoms with E-state index < -0.39 is 0 Å². The number of ether oxygens (including phenoxy) is 1. The highest BCUT2D eigenvalue weighted by atomic mass is 16.5. The van der Waals surface area contributed by atoms with Crippen molar-refractivity contribution in [3.63, 3.8) is 0 Å². The molecule has 0 aliphatic carbocycles. The summed E-state index contributed by atoms with van der Waals surface area (Å²) in [5.74, 6) is 0.725. The van der Waals surface area contributed by atoms with Crippen LogP contribution in [0.5, 0.6) is 5.75 Å². The van der Waals surface area contributed by atoms with Gasteiger partial charge in [-0.05, 0) is 18.2 Å². The quantitative estimate of drug-likeness (QED) is 0.738. The smallest absolute Gasteiger partial charge is 0.178 e. The Balaban J connectivity index is 2.50. The predicted molar refractivity (Wildman–Crippen MR) is 60.1 cm³/mol. The minimum Gasteiger partial charge on any atom is -0.497 e. The van der Waals surface area contributed by atoms with Crippen molar-refractivity contribution in [2.24, 2.45) is 0 Å². The summed E-state index contributed by atoms with van der Waals surface area (Å²) in [6.45, 7) is 1.52. The second-order valence-electron chi connectivity index (χ2n) is 3.39. The second kappa shape index (κ2) is 4.18. The molecule has 0 N–H and O–H groups in total. The van der Waals surface area contributed by atoms with Crippen LogP contribution in [0.25, 0.3) is 5.69 Å². The van der Waals surface area contributed by atoms with Gasteiger partial charge in [0.1, 0.15) is 11.4 Å². The first-order valence-corrected chi connectivity index (χ1v) is 4.92. The Bertz CT molecular complexity index is 517. The molecule has 1 aromatic heterocycles. The topological polar surface area (TPSA) is 44.1 Å². The van der Waals surface area contributed by atoms with Crippen LogP contribution in [0.15, 0.2) is 36.5 Å². The number of benzene rings is 1. The lowest BCUT2D eigenvalue weighted by Gasteiger charge is -2.06. The van der Waals surface area contributed by atoms with Gasteiger partial charge in [-0.1, -0.05) is 6.07 Å². The molecule has 0 unspecified atom stereocenters. The Morgan fingerprint density at radius 2 is 2.19 bits per heavy atom. The number of hydrogen-bond acceptors (Lipinski definition) is 3. The molecule has 0 saturated heterocycles. The molecule has 0 saturated carbocycles. The molecule has 16 heavy (non-hydrogen) atoms. The van der Waals surface area contributed by atoms with Crippen LogP contribution < -0.4 is 4.74 Å². The van der Waals surface area contributed by atoms with Gasteiger partial charge in [0.15, 0.2) is 5.78 Å². The van der Waals surface area contributed by atoms with Gasteiger partial charge < -0.3 is 4.74 Å². The average molecular weight is 216 g/mol. The van der Waals surface area contributed by atoms with Gasteiger partial charge in [-0.25, -0.2) is 4.68 Å². The summed E-state index contributed by atoms with van der Waals surface area (Å²) in [5, 5.41) is 4.12. The second-order valence-corrected chi connectivity index (χ2v) is 3.39. The number of ketones is 1. The van der Waals surface area contributed by atoms with E-state index in [1.807, 2.05) is 24.3 Å². The van der Waals surface area contributed by atoms with Crippen molar-refractivity contribution in [3.05, 3.63) is 42.2 Å². The van der Waals surface area contributed by atoms with Crippen molar-refractivity contribution < 1.29 is 9.53 Å². The Morgan fingerprint density at radius 1 is 1.38 bits per heavy atom. The van der Waals surface area contributed by atoms with Gasteiger partial charge in [0, 0.05) is 13.0 Å². The van der Waals surface area contributed by atoms with Gasteiger partial charge in [0.05, 0.1) is 19.0 Å². The summed E-state index contributed by atoms with van der Waals surface area (Å²) in [7, 11) is 1.61. The van der Waals surface area contributed by atoms with Crippen LogP contribution in [-0.4, -0.2) is 22.7 Å². The van der Waals surface area contributed by atoms with Crippen LogP contribution in [0.4, 0.5) is 0 Å². The molecule has 1 heterocycles. The van der Waals surface area contributed by atoms with Gasteiger partial charge in [-0.2, -0.15) is 5.10 Å². The molecule has 0 radical (unpaired) electrons. The normalized spacial score (nSPS) is 10.1. The van der Waals surface area contributed by atoms with Crippen LogP contribution in [-0.2, 0) is 0 Å².